The lowest BCUT2D eigenvalue weighted by Gasteiger charge is -2.32. The number of rotatable bonds is 6. The zero-order chi connectivity index (χ0) is 21.8. The van der Waals surface area contributed by atoms with E-state index in [0.717, 1.165) is 25.7 Å². The second kappa shape index (κ2) is 9.23. The number of ether oxygens (including phenoxy) is 1. The van der Waals surface area contributed by atoms with Gasteiger partial charge in [-0.05, 0) is 58.4 Å². The van der Waals surface area contributed by atoms with Gasteiger partial charge in [-0.25, -0.2) is 14.6 Å². The number of H-pyrrole nitrogens is 1. The summed E-state index contributed by atoms with van der Waals surface area (Å²) in [5.41, 5.74) is -0.154. The first-order valence-corrected chi connectivity index (χ1v) is 10.5. The Morgan fingerprint density at radius 2 is 1.97 bits per heavy atom. The van der Waals surface area contributed by atoms with E-state index < -0.39 is 5.97 Å². The van der Waals surface area contributed by atoms with Crippen molar-refractivity contribution >= 4 is 17.7 Å². The van der Waals surface area contributed by atoms with E-state index in [1.54, 1.807) is 11.8 Å². The van der Waals surface area contributed by atoms with Gasteiger partial charge in [0.05, 0.1) is 6.61 Å². The molecule has 3 rings (SSSR count). The van der Waals surface area contributed by atoms with E-state index in [1.807, 2.05) is 13.8 Å². The van der Waals surface area contributed by atoms with Crippen LogP contribution in [0.1, 0.15) is 63.7 Å². The highest BCUT2D eigenvalue weighted by molar-refractivity contribution is 6.02. The Bertz CT molecular complexity index is 936. The molecule has 1 amide bonds. The molecule has 1 fully saturated rings. The van der Waals surface area contributed by atoms with Crippen molar-refractivity contribution in [3.8, 4) is 5.82 Å². The fourth-order valence-electron chi connectivity index (χ4n) is 3.78. The highest BCUT2D eigenvalue weighted by Gasteiger charge is 2.34. The minimum absolute atomic E-state index is 0.0258. The number of carbonyl (C=O) groups is 2. The first kappa shape index (κ1) is 21.7. The molecular weight excluding hydrogens is 386 g/mol. The van der Waals surface area contributed by atoms with E-state index in [0.29, 0.717) is 11.7 Å². The summed E-state index contributed by atoms with van der Waals surface area (Å²) in [6.45, 7) is 7.93. The molecule has 0 bridgehead atoms. The van der Waals surface area contributed by atoms with Crippen LogP contribution in [0.25, 0.3) is 5.82 Å². The fraction of sp³-hybridized carbons (Fsp3) is 0.571. The first-order chi connectivity index (χ1) is 14.3. The molecule has 2 aromatic rings. The largest absolute Gasteiger partial charge is 0.462 e. The number of anilines is 1. The Balaban J connectivity index is 2.02. The van der Waals surface area contributed by atoms with Crippen molar-refractivity contribution in [3.05, 3.63) is 34.2 Å². The summed E-state index contributed by atoms with van der Waals surface area (Å²) in [7, 11) is 0. The molecule has 1 aliphatic rings. The number of nitrogens with zero attached hydrogens (tertiary/aromatic N) is 4. The number of carbonyl (C=O) groups excluding carboxylic acids is 2. The van der Waals surface area contributed by atoms with Gasteiger partial charge in [0.2, 0.25) is 5.91 Å². The third-order valence-electron chi connectivity index (χ3n) is 5.44. The molecule has 1 saturated carbocycles. The van der Waals surface area contributed by atoms with Crippen LogP contribution in [0, 0.1) is 11.8 Å². The minimum atomic E-state index is -0.557. The number of aromatic amines is 1. The van der Waals surface area contributed by atoms with E-state index in [2.05, 4.69) is 22.2 Å². The molecule has 1 N–H and O–H groups in total. The quantitative estimate of drug-likeness (QED) is 0.727. The molecule has 0 spiro atoms. The third kappa shape index (κ3) is 4.60. The van der Waals surface area contributed by atoms with Gasteiger partial charge in [0.1, 0.15) is 5.56 Å². The summed E-state index contributed by atoms with van der Waals surface area (Å²) in [4.78, 5) is 39.0. The molecule has 2 aromatic heterocycles. The summed E-state index contributed by atoms with van der Waals surface area (Å²) in [5.74, 6) is 0.535. The Morgan fingerprint density at radius 1 is 1.27 bits per heavy atom. The van der Waals surface area contributed by atoms with Gasteiger partial charge in [0.25, 0.3) is 5.56 Å². The number of aromatic nitrogens is 4. The Hall–Kier alpha value is -2.97. The van der Waals surface area contributed by atoms with Crippen molar-refractivity contribution in [1.82, 2.24) is 20.0 Å². The maximum absolute atomic E-state index is 13.4. The second-order valence-electron chi connectivity index (χ2n) is 8.07. The fourth-order valence-corrected chi connectivity index (χ4v) is 3.78. The normalized spacial score (nSPS) is 19.0. The standard InChI is InChI=1S/C21H29N5O4/c1-5-30-21(29)16-12-25(17-10-11-18(27)23-22-17)24-19(16)26(13(2)3)20(28)15-8-6-14(4)7-9-15/h10-15H,5-9H2,1-4H3,(H,23,27)/t14-,15-. The predicted molar refractivity (Wildman–Crippen MR) is 112 cm³/mol. The summed E-state index contributed by atoms with van der Waals surface area (Å²) in [5, 5.41) is 10.8. The van der Waals surface area contributed by atoms with Crippen LogP contribution in [0.3, 0.4) is 0 Å². The number of hydrogen-bond acceptors (Lipinski definition) is 6. The zero-order valence-corrected chi connectivity index (χ0v) is 17.9. The van der Waals surface area contributed by atoms with Crippen LogP contribution in [-0.4, -0.2) is 44.5 Å². The minimum Gasteiger partial charge on any atom is -0.462 e. The second-order valence-corrected chi connectivity index (χ2v) is 8.07. The molecule has 162 valence electrons. The SMILES string of the molecule is CCOC(=O)c1cn(-c2ccc(=O)[nH]n2)nc1N(C(=O)[C@H]1CC[C@H](C)CC1)C(C)C. The van der Waals surface area contributed by atoms with Gasteiger partial charge in [0, 0.05) is 24.2 Å². The molecular formula is C21H29N5O4. The maximum Gasteiger partial charge on any atom is 0.343 e. The summed E-state index contributed by atoms with van der Waals surface area (Å²) in [6, 6.07) is 2.62. The summed E-state index contributed by atoms with van der Waals surface area (Å²) >= 11 is 0. The van der Waals surface area contributed by atoms with Gasteiger partial charge in [-0.1, -0.05) is 6.92 Å². The molecule has 0 unspecified atom stereocenters. The van der Waals surface area contributed by atoms with Gasteiger partial charge in [0.15, 0.2) is 11.6 Å². The van der Waals surface area contributed by atoms with Crippen molar-refractivity contribution in [3.63, 3.8) is 0 Å². The monoisotopic (exact) mass is 415 g/mol. The van der Waals surface area contributed by atoms with E-state index in [-0.39, 0.29) is 41.4 Å². The van der Waals surface area contributed by atoms with Crippen LogP contribution in [-0.2, 0) is 9.53 Å². The average molecular weight is 415 g/mol. The lowest BCUT2D eigenvalue weighted by molar-refractivity contribution is -0.123. The van der Waals surface area contributed by atoms with Crippen molar-refractivity contribution in [2.75, 3.05) is 11.5 Å². The number of amides is 1. The number of esters is 1. The first-order valence-electron chi connectivity index (χ1n) is 10.5. The van der Waals surface area contributed by atoms with Crippen molar-refractivity contribution < 1.29 is 14.3 Å². The third-order valence-corrected chi connectivity index (χ3v) is 5.44. The lowest BCUT2D eigenvalue weighted by Crippen LogP contribution is -2.43. The van der Waals surface area contributed by atoms with Crippen LogP contribution in [0.5, 0.6) is 0 Å². The summed E-state index contributed by atoms with van der Waals surface area (Å²) < 4.78 is 6.58. The average Bonchev–Trinajstić information content (AvgIpc) is 3.14. The van der Waals surface area contributed by atoms with Crippen molar-refractivity contribution in [1.29, 1.82) is 0 Å². The molecule has 2 heterocycles. The number of nitrogens with one attached hydrogen (secondary N) is 1. The number of hydrogen-bond donors (Lipinski definition) is 1. The van der Waals surface area contributed by atoms with Gasteiger partial charge in [-0.3, -0.25) is 14.5 Å². The van der Waals surface area contributed by atoms with Gasteiger partial charge in [-0.15, -0.1) is 5.10 Å². The Labute approximate surface area is 175 Å². The van der Waals surface area contributed by atoms with Crippen molar-refractivity contribution in [2.24, 2.45) is 11.8 Å². The van der Waals surface area contributed by atoms with E-state index >= 15 is 0 Å². The molecule has 1 aliphatic carbocycles. The predicted octanol–water partition coefficient (Wildman–Crippen LogP) is 2.70. The molecule has 0 saturated heterocycles. The van der Waals surface area contributed by atoms with Gasteiger partial charge < -0.3 is 4.74 Å². The van der Waals surface area contributed by atoms with Gasteiger partial charge in [-0.2, -0.15) is 5.10 Å². The molecule has 0 atom stereocenters. The maximum atomic E-state index is 13.4. The van der Waals surface area contributed by atoms with E-state index in [9.17, 15) is 14.4 Å². The molecule has 9 nitrogen and oxygen atoms in total. The van der Waals surface area contributed by atoms with Crippen LogP contribution in [0.2, 0.25) is 0 Å². The highest BCUT2D eigenvalue weighted by Crippen LogP contribution is 2.32. The van der Waals surface area contributed by atoms with E-state index in [4.69, 9.17) is 4.74 Å². The van der Waals surface area contributed by atoms with E-state index in [1.165, 1.54) is 23.0 Å². The molecule has 30 heavy (non-hydrogen) atoms. The highest BCUT2D eigenvalue weighted by atomic mass is 16.5. The van der Waals surface area contributed by atoms with Crippen molar-refractivity contribution in [2.45, 2.75) is 59.4 Å². The van der Waals surface area contributed by atoms with Crippen LogP contribution >= 0.6 is 0 Å². The Morgan fingerprint density at radius 3 is 2.53 bits per heavy atom. The van der Waals surface area contributed by atoms with Crippen LogP contribution in [0.4, 0.5) is 5.82 Å². The lowest BCUT2D eigenvalue weighted by atomic mass is 9.82. The van der Waals surface area contributed by atoms with Crippen LogP contribution in [0.15, 0.2) is 23.1 Å². The molecule has 9 heteroatoms. The smallest absolute Gasteiger partial charge is 0.343 e. The molecule has 0 aromatic carbocycles. The topological polar surface area (TPSA) is 110 Å². The zero-order valence-electron chi connectivity index (χ0n) is 17.9. The van der Waals surface area contributed by atoms with Gasteiger partial charge >= 0.3 is 5.97 Å². The molecule has 0 radical (unpaired) electrons. The Kier molecular flexibility index (Phi) is 6.69. The molecule has 0 aliphatic heterocycles. The summed E-state index contributed by atoms with van der Waals surface area (Å²) in [6.07, 6.45) is 5.19. The van der Waals surface area contributed by atoms with Crippen LogP contribution < -0.4 is 10.5 Å².